The van der Waals surface area contributed by atoms with Crippen LogP contribution in [0.5, 0.6) is 0 Å². The molecule has 0 aromatic heterocycles. The number of nitrogens with zero attached hydrogens (tertiary/aromatic N) is 1. The maximum atomic E-state index is 13.7. The lowest BCUT2D eigenvalue weighted by atomic mass is 9.89. The minimum atomic E-state index is -4.58. The van der Waals surface area contributed by atoms with Gasteiger partial charge < -0.3 is 5.11 Å². The van der Waals surface area contributed by atoms with Crippen molar-refractivity contribution in [1.82, 2.24) is 4.90 Å². The first kappa shape index (κ1) is 21.0. The molecule has 150 valence electrons. The lowest BCUT2D eigenvalue weighted by molar-refractivity contribution is -0.145. The second kappa shape index (κ2) is 8.31. The highest BCUT2D eigenvalue weighted by Crippen LogP contribution is 2.43. The molecule has 1 saturated heterocycles. The molecule has 1 aliphatic heterocycles. The molecule has 3 rings (SSSR count). The number of hydrogen-bond donors (Lipinski definition) is 1. The fraction of sp³-hybridized carbons (Fsp3) is 0.350. The van der Waals surface area contributed by atoms with E-state index in [1.165, 1.54) is 24.3 Å². The van der Waals surface area contributed by atoms with Gasteiger partial charge >= 0.3 is 12.1 Å². The Labute approximate surface area is 170 Å². The van der Waals surface area contributed by atoms with Crippen LogP contribution in [0.4, 0.5) is 13.2 Å². The summed E-state index contributed by atoms with van der Waals surface area (Å²) in [7, 11) is 0. The van der Waals surface area contributed by atoms with Crippen molar-refractivity contribution in [2.24, 2.45) is 0 Å². The zero-order chi connectivity index (χ0) is 20.5. The molecule has 0 bridgehead atoms. The number of likely N-dealkylation sites (tertiary alicyclic amines) is 1. The predicted molar refractivity (Wildman–Crippen MR) is 102 cm³/mol. The second-order valence-corrected chi connectivity index (χ2v) is 7.58. The van der Waals surface area contributed by atoms with Crippen molar-refractivity contribution in [3.05, 3.63) is 69.2 Å². The Morgan fingerprint density at radius 2 is 1.82 bits per heavy atom. The van der Waals surface area contributed by atoms with Crippen LogP contribution in [0.15, 0.2) is 42.5 Å². The Balaban J connectivity index is 2.23. The van der Waals surface area contributed by atoms with Gasteiger partial charge in [-0.15, -0.1) is 0 Å². The lowest BCUT2D eigenvalue weighted by Crippen LogP contribution is -2.47. The van der Waals surface area contributed by atoms with Crippen molar-refractivity contribution in [1.29, 1.82) is 0 Å². The summed E-state index contributed by atoms with van der Waals surface area (Å²) in [6.45, 7) is 0.354. The number of halogens is 5. The quantitative estimate of drug-likeness (QED) is 0.641. The van der Waals surface area contributed by atoms with Crippen molar-refractivity contribution in [2.75, 3.05) is 6.54 Å². The predicted octanol–water partition coefficient (Wildman–Crippen LogP) is 6.04. The van der Waals surface area contributed by atoms with Gasteiger partial charge in [-0.25, -0.2) is 0 Å². The minimum Gasteiger partial charge on any atom is -0.480 e. The van der Waals surface area contributed by atoms with E-state index in [4.69, 9.17) is 23.2 Å². The van der Waals surface area contributed by atoms with Gasteiger partial charge in [0.2, 0.25) is 0 Å². The Hall–Kier alpha value is -1.76. The number of alkyl halides is 3. The van der Waals surface area contributed by atoms with Crippen molar-refractivity contribution in [3.8, 4) is 0 Å². The Morgan fingerprint density at radius 3 is 2.46 bits per heavy atom. The largest absolute Gasteiger partial charge is 0.480 e. The van der Waals surface area contributed by atoms with E-state index in [1.54, 1.807) is 17.0 Å². The smallest absolute Gasteiger partial charge is 0.416 e. The van der Waals surface area contributed by atoms with Crippen LogP contribution < -0.4 is 0 Å². The van der Waals surface area contributed by atoms with Crippen LogP contribution in [0.3, 0.4) is 0 Å². The third-order valence-corrected chi connectivity index (χ3v) is 5.54. The molecule has 1 fully saturated rings. The molecule has 8 heteroatoms. The second-order valence-electron chi connectivity index (χ2n) is 6.74. The van der Waals surface area contributed by atoms with Gasteiger partial charge in [0.1, 0.15) is 6.04 Å². The van der Waals surface area contributed by atoms with E-state index in [2.05, 4.69) is 0 Å². The van der Waals surface area contributed by atoms with E-state index < -0.39 is 29.8 Å². The molecule has 1 N–H and O–H groups in total. The molecule has 0 spiro atoms. The van der Waals surface area contributed by atoms with E-state index in [9.17, 15) is 23.1 Å². The standard InChI is InChI=1S/C20H18Cl2F3NO2/c21-12-8-9-14(16(22)11-12)18(26-10-4-3-7-17(26)19(27)28)13-5-1-2-6-15(13)20(23,24)25/h1-2,5-6,8-9,11,17-18H,3-4,7,10H2,(H,27,28). The molecule has 2 unspecified atom stereocenters. The van der Waals surface area contributed by atoms with Crippen molar-refractivity contribution in [2.45, 2.75) is 37.5 Å². The number of rotatable bonds is 4. The van der Waals surface area contributed by atoms with E-state index >= 15 is 0 Å². The van der Waals surface area contributed by atoms with Crippen molar-refractivity contribution >= 4 is 29.2 Å². The van der Waals surface area contributed by atoms with Crippen LogP contribution >= 0.6 is 23.2 Å². The number of carboxylic acid groups (broad SMARTS) is 1. The van der Waals surface area contributed by atoms with Crippen LogP contribution in [0, 0.1) is 0 Å². The Morgan fingerprint density at radius 1 is 1.11 bits per heavy atom. The van der Waals surface area contributed by atoms with Crippen LogP contribution in [0.2, 0.25) is 10.0 Å². The summed E-state index contributed by atoms with van der Waals surface area (Å²) in [5.74, 6) is -1.06. The fourth-order valence-corrected chi connectivity index (χ4v) is 4.28. The molecule has 0 radical (unpaired) electrons. The Kier molecular flexibility index (Phi) is 6.22. The third-order valence-electron chi connectivity index (χ3n) is 4.98. The molecule has 28 heavy (non-hydrogen) atoms. The number of hydrogen-bond acceptors (Lipinski definition) is 2. The van der Waals surface area contributed by atoms with Crippen molar-refractivity contribution < 1.29 is 23.1 Å². The average Bonchev–Trinajstić information content (AvgIpc) is 2.63. The van der Waals surface area contributed by atoms with Crippen molar-refractivity contribution in [3.63, 3.8) is 0 Å². The molecule has 2 aromatic rings. The topological polar surface area (TPSA) is 40.5 Å². The van der Waals surface area contributed by atoms with E-state index in [0.717, 1.165) is 6.07 Å². The molecule has 0 saturated carbocycles. The first-order chi connectivity index (χ1) is 13.2. The van der Waals surface area contributed by atoms with Gasteiger partial charge in [0.25, 0.3) is 0 Å². The van der Waals surface area contributed by atoms with E-state index in [1.807, 2.05) is 0 Å². The molecular weight excluding hydrogens is 414 g/mol. The summed E-state index contributed by atoms with van der Waals surface area (Å²) in [5, 5.41) is 10.2. The summed E-state index contributed by atoms with van der Waals surface area (Å²) < 4.78 is 41.2. The van der Waals surface area contributed by atoms with Crippen LogP contribution in [-0.4, -0.2) is 28.6 Å². The monoisotopic (exact) mass is 431 g/mol. The normalized spacial score (nSPS) is 19.4. The molecule has 3 nitrogen and oxygen atoms in total. The highest BCUT2D eigenvalue weighted by molar-refractivity contribution is 6.35. The number of carbonyl (C=O) groups is 1. The highest BCUT2D eigenvalue weighted by Gasteiger charge is 2.41. The summed E-state index contributed by atoms with van der Waals surface area (Å²) in [6, 6.07) is 7.94. The lowest BCUT2D eigenvalue weighted by Gasteiger charge is -2.40. The number of piperidine rings is 1. The molecule has 2 aromatic carbocycles. The van der Waals surface area contributed by atoms with Gasteiger partial charge in [-0.05, 0) is 48.7 Å². The van der Waals surface area contributed by atoms with Gasteiger partial charge in [0, 0.05) is 10.0 Å². The van der Waals surface area contributed by atoms with E-state index in [0.29, 0.717) is 36.4 Å². The number of benzene rings is 2. The molecule has 2 atom stereocenters. The maximum Gasteiger partial charge on any atom is 0.416 e. The van der Waals surface area contributed by atoms with Gasteiger partial charge in [-0.2, -0.15) is 13.2 Å². The summed E-state index contributed by atoms with van der Waals surface area (Å²) in [4.78, 5) is 13.4. The SMILES string of the molecule is O=C(O)C1CCCCN1C(c1ccc(Cl)cc1Cl)c1ccccc1C(F)(F)F. The molecule has 1 heterocycles. The Bertz CT molecular complexity index is 873. The van der Waals surface area contributed by atoms with Crippen LogP contribution in [0.1, 0.15) is 42.0 Å². The zero-order valence-electron chi connectivity index (χ0n) is 14.7. The van der Waals surface area contributed by atoms with Gasteiger partial charge in [-0.1, -0.05) is 53.9 Å². The maximum absolute atomic E-state index is 13.7. The minimum absolute atomic E-state index is 0.0210. The molecule has 0 amide bonds. The van der Waals surface area contributed by atoms with Crippen LogP contribution in [-0.2, 0) is 11.0 Å². The third kappa shape index (κ3) is 4.29. The molecule has 1 aliphatic rings. The number of aliphatic carboxylic acids is 1. The first-order valence-corrected chi connectivity index (χ1v) is 9.55. The number of carboxylic acids is 1. The van der Waals surface area contributed by atoms with Gasteiger partial charge in [0.05, 0.1) is 11.6 Å². The summed E-state index contributed by atoms with van der Waals surface area (Å²) >= 11 is 12.3. The summed E-state index contributed by atoms with van der Waals surface area (Å²) in [6.07, 6.45) is -2.82. The molecule has 0 aliphatic carbocycles. The summed E-state index contributed by atoms with van der Waals surface area (Å²) in [5.41, 5.74) is -0.427. The van der Waals surface area contributed by atoms with Gasteiger partial charge in [-0.3, -0.25) is 9.69 Å². The average molecular weight is 432 g/mol. The first-order valence-electron chi connectivity index (χ1n) is 8.79. The fourth-order valence-electron chi connectivity index (χ4n) is 3.77. The van der Waals surface area contributed by atoms with E-state index in [-0.39, 0.29) is 10.6 Å². The highest BCUT2D eigenvalue weighted by atomic mass is 35.5. The van der Waals surface area contributed by atoms with Crippen LogP contribution in [0.25, 0.3) is 0 Å². The molecular formula is C20H18Cl2F3NO2. The zero-order valence-corrected chi connectivity index (χ0v) is 16.2. The van der Waals surface area contributed by atoms with Gasteiger partial charge in [0.15, 0.2) is 0 Å².